The summed E-state index contributed by atoms with van der Waals surface area (Å²) in [5, 5.41) is 3.57. The first-order valence-electron chi connectivity index (χ1n) is 18.2. The summed E-state index contributed by atoms with van der Waals surface area (Å²) in [6.45, 7) is 7.10. The molecular weight excluding hydrogens is 671 g/mol. The Morgan fingerprint density at radius 1 is 0.500 bits per heavy atom. The molecule has 1 N–H and O–H groups in total. The lowest BCUT2D eigenvalue weighted by molar-refractivity contribution is -0.694. The summed E-state index contributed by atoms with van der Waals surface area (Å²) in [6, 6.07) is 47.8. The monoisotopic (exact) mass is 719 g/mol. The molecule has 262 valence electrons. The van der Waals surface area contributed by atoms with Gasteiger partial charge in [-0.2, -0.15) is 9.13 Å². The van der Waals surface area contributed by atoms with Crippen molar-refractivity contribution in [3.05, 3.63) is 196 Å². The number of anilines is 1. The molecule has 3 nitrogen and oxygen atoms in total. The topological polar surface area (TPSA) is 19.8 Å². The Bertz CT molecular complexity index is 1890. The summed E-state index contributed by atoms with van der Waals surface area (Å²) in [5.74, 6) is 2.25. The largest absolute Gasteiger partial charge is 0.384 e. The highest BCUT2D eigenvalue weighted by Gasteiger charge is 2.09. The highest BCUT2D eigenvalue weighted by molar-refractivity contribution is 8.76. The van der Waals surface area contributed by atoms with Crippen LogP contribution in [0, 0.1) is 13.8 Å². The van der Waals surface area contributed by atoms with E-state index in [1.807, 2.05) is 21.6 Å². The van der Waals surface area contributed by atoms with Crippen LogP contribution in [-0.4, -0.2) is 18.1 Å². The van der Waals surface area contributed by atoms with Crippen LogP contribution < -0.4 is 14.5 Å². The van der Waals surface area contributed by atoms with E-state index in [1.54, 1.807) is 0 Å². The molecule has 0 atom stereocenters. The van der Waals surface area contributed by atoms with Gasteiger partial charge in [0.25, 0.3) is 0 Å². The van der Waals surface area contributed by atoms with Gasteiger partial charge in [-0.05, 0) is 52.8 Å². The molecule has 0 aliphatic rings. The van der Waals surface area contributed by atoms with E-state index in [0.29, 0.717) is 0 Å². The van der Waals surface area contributed by atoms with Gasteiger partial charge in [-0.1, -0.05) is 143 Å². The molecule has 0 spiro atoms. The van der Waals surface area contributed by atoms with Crippen LogP contribution in [0.5, 0.6) is 0 Å². The second-order valence-corrected chi connectivity index (χ2v) is 15.8. The van der Waals surface area contributed by atoms with Crippen molar-refractivity contribution in [3.8, 4) is 0 Å². The minimum absolute atomic E-state index is 0.892. The Balaban J connectivity index is 0.836. The van der Waals surface area contributed by atoms with Gasteiger partial charge in [0, 0.05) is 73.0 Å². The molecule has 2 aromatic heterocycles. The summed E-state index contributed by atoms with van der Waals surface area (Å²) < 4.78 is 4.58. The minimum Gasteiger partial charge on any atom is -0.384 e. The van der Waals surface area contributed by atoms with Crippen LogP contribution in [0.1, 0.15) is 56.8 Å². The first kappa shape index (κ1) is 36.9. The van der Waals surface area contributed by atoms with Crippen LogP contribution in [0.4, 0.5) is 5.69 Å². The first-order valence-corrected chi connectivity index (χ1v) is 20.7. The van der Waals surface area contributed by atoms with Crippen molar-refractivity contribution in [1.29, 1.82) is 0 Å². The van der Waals surface area contributed by atoms with Gasteiger partial charge in [0.05, 0.1) is 0 Å². The highest BCUT2D eigenvalue weighted by atomic mass is 33.1. The molecule has 4 aromatic carbocycles. The van der Waals surface area contributed by atoms with Gasteiger partial charge in [0.15, 0.2) is 36.9 Å². The number of hydrogen-bond donors (Lipinski definition) is 1. The Morgan fingerprint density at radius 3 is 1.50 bits per heavy atom. The molecule has 0 radical (unpaired) electrons. The van der Waals surface area contributed by atoms with Crippen molar-refractivity contribution in [2.24, 2.45) is 0 Å². The summed E-state index contributed by atoms with van der Waals surface area (Å²) in [7, 11) is 3.94. The van der Waals surface area contributed by atoms with Crippen LogP contribution in [0.2, 0.25) is 0 Å². The third-order valence-electron chi connectivity index (χ3n) is 9.06. The fourth-order valence-corrected chi connectivity index (χ4v) is 8.03. The lowest BCUT2D eigenvalue weighted by atomic mass is 10.1. The van der Waals surface area contributed by atoms with Crippen LogP contribution in [0.15, 0.2) is 146 Å². The van der Waals surface area contributed by atoms with Crippen molar-refractivity contribution in [2.75, 3.05) is 23.4 Å². The molecule has 5 heteroatoms. The van der Waals surface area contributed by atoms with E-state index < -0.39 is 0 Å². The van der Waals surface area contributed by atoms with Gasteiger partial charge in [-0.3, -0.25) is 0 Å². The second kappa shape index (κ2) is 19.7. The van der Waals surface area contributed by atoms with Crippen molar-refractivity contribution < 1.29 is 9.13 Å². The second-order valence-electron chi connectivity index (χ2n) is 13.1. The zero-order valence-electron chi connectivity index (χ0n) is 30.3. The number of aryl methyl sites for hydroxylation is 3. The molecule has 52 heavy (non-hydrogen) atoms. The Labute approximate surface area is 318 Å². The van der Waals surface area contributed by atoms with Gasteiger partial charge in [0.2, 0.25) is 0 Å². The highest BCUT2D eigenvalue weighted by Crippen LogP contribution is 2.23. The number of pyridine rings is 2. The number of hydrogen-bond acceptors (Lipinski definition) is 3. The van der Waals surface area contributed by atoms with E-state index in [9.17, 15) is 0 Å². The molecule has 6 aromatic rings. The summed E-state index contributed by atoms with van der Waals surface area (Å²) in [4.78, 5) is 0. The molecule has 0 amide bonds. The van der Waals surface area contributed by atoms with E-state index in [2.05, 4.69) is 198 Å². The third kappa shape index (κ3) is 11.9. The van der Waals surface area contributed by atoms with Crippen LogP contribution in [0.3, 0.4) is 0 Å². The zero-order chi connectivity index (χ0) is 35.8. The maximum absolute atomic E-state index is 3.57. The van der Waals surface area contributed by atoms with Crippen LogP contribution in [-0.2, 0) is 19.5 Å². The minimum atomic E-state index is 0.892. The normalized spacial score (nSPS) is 11.4. The SMILES string of the molecule is Cc1cc(/C=C/c2ccc(CCCSSCCNc3ccc(/C=C/c4cc[n+](Cc5ccccc5)c(C)c4)cc3)cc2)cc[n+]1Cc1ccccc1. The van der Waals surface area contributed by atoms with E-state index in [1.165, 1.54) is 68.2 Å². The molecule has 0 bridgehead atoms. The quantitative estimate of drug-likeness (QED) is 0.0576. The lowest BCUT2D eigenvalue weighted by Gasteiger charge is -2.07. The smallest absolute Gasteiger partial charge is 0.179 e. The average molecular weight is 720 g/mol. The fraction of sp³-hybridized carbons (Fsp3) is 0.191. The van der Waals surface area contributed by atoms with Crippen molar-refractivity contribution >= 4 is 51.6 Å². The zero-order valence-corrected chi connectivity index (χ0v) is 32.0. The number of nitrogens with one attached hydrogen (secondary N) is 1. The fourth-order valence-electron chi connectivity index (χ4n) is 6.04. The first-order chi connectivity index (χ1) is 25.6. The van der Waals surface area contributed by atoms with E-state index >= 15 is 0 Å². The van der Waals surface area contributed by atoms with Gasteiger partial charge in [-0.15, -0.1) is 0 Å². The summed E-state index contributed by atoms with van der Waals surface area (Å²) in [6.07, 6.45) is 15.5. The predicted molar refractivity (Wildman–Crippen MR) is 226 cm³/mol. The van der Waals surface area contributed by atoms with Crippen molar-refractivity contribution in [3.63, 3.8) is 0 Å². The molecule has 0 unspecified atom stereocenters. The molecule has 0 aliphatic heterocycles. The molecule has 0 aliphatic carbocycles. The molecule has 6 rings (SSSR count). The maximum atomic E-state index is 3.57. The molecular formula is C47H49N3S2+2. The Hall–Kier alpha value is -4.84. The molecule has 0 saturated heterocycles. The van der Waals surface area contributed by atoms with Gasteiger partial charge < -0.3 is 5.32 Å². The van der Waals surface area contributed by atoms with Crippen LogP contribution in [0.25, 0.3) is 24.3 Å². The number of nitrogens with zero attached hydrogens (tertiary/aromatic N) is 2. The third-order valence-corrected chi connectivity index (χ3v) is 11.6. The van der Waals surface area contributed by atoms with E-state index in [4.69, 9.17) is 0 Å². The van der Waals surface area contributed by atoms with Crippen molar-refractivity contribution in [1.82, 2.24) is 0 Å². The average Bonchev–Trinajstić information content (AvgIpc) is 3.18. The van der Waals surface area contributed by atoms with Gasteiger partial charge in [0.1, 0.15) is 0 Å². The maximum Gasteiger partial charge on any atom is 0.179 e. The number of aromatic nitrogens is 2. The molecule has 2 heterocycles. The summed E-state index contributed by atoms with van der Waals surface area (Å²) >= 11 is 0. The molecule has 0 saturated carbocycles. The van der Waals surface area contributed by atoms with Gasteiger partial charge >= 0.3 is 0 Å². The van der Waals surface area contributed by atoms with Crippen molar-refractivity contribution in [2.45, 2.75) is 39.8 Å². The van der Waals surface area contributed by atoms with Crippen LogP contribution >= 0.6 is 21.6 Å². The standard InChI is InChI=1S/C47H48N3S2/c1-38-34-43(27-30-49(38)36-45-10-5-3-6-11-45)21-19-41-17-15-40(16-18-41)14-9-32-51-52-33-29-48-47-25-23-42(24-26-47)20-22-44-28-31-50(39(2)35-44)37-46-12-7-4-8-13-46/h3-8,10-13,15-28,30-31,34-35H,9,14,29,32-33,36-37H2,1-2H3/q+1/p+1/b21-19+. The number of rotatable bonds is 17. The molecule has 0 fully saturated rings. The number of benzene rings is 4. The Kier molecular flexibility index (Phi) is 14.0. The summed E-state index contributed by atoms with van der Waals surface area (Å²) in [5.41, 5.74) is 12.6. The van der Waals surface area contributed by atoms with Gasteiger partial charge in [-0.25, -0.2) is 0 Å². The lowest BCUT2D eigenvalue weighted by Crippen LogP contribution is -2.37. The predicted octanol–water partition coefficient (Wildman–Crippen LogP) is 10.7. The van der Waals surface area contributed by atoms with E-state index in [-0.39, 0.29) is 0 Å². The Morgan fingerprint density at radius 2 is 0.981 bits per heavy atom. The van der Waals surface area contributed by atoms with E-state index in [0.717, 1.165) is 31.8 Å².